The van der Waals surface area contributed by atoms with Gasteiger partial charge in [0.15, 0.2) is 0 Å². The second kappa shape index (κ2) is 98.5. The summed E-state index contributed by atoms with van der Waals surface area (Å²) < 4.78 is 18.8. The fraction of sp³-hybridized carbons (Fsp3) is 0.605. The number of allylic oxidation sites excluding steroid dienone is 16. The van der Waals surface area contributed by atoms with Gasteiger partial charge in [0, 0.05) is 24.6 Å². The van der Waals surface area contributed by atoms with Gasteiger partial charge < -0.3 is 22.8 Å². The Hall–Kier alpha value is -3.86. The molecular weight excluding hydrogens is 1270 g/mol. The zero-order valence-corrected chi connectivity index (χ0v) is 65.2. The molecule has 0 atom stereocenters. The van der Waals surface area contributed by atoms with E-state index in [1.54, 1.807) is 55.6 Å². The predicted molar refractivity (Wildman–Crippen MR) is 417 cm³/mol. The van der Waals surface area contributed by atoms with Crippen molar-refractivity contribution < 1.29 is 70.1 Å². The minimum Gasteiger partial charge on any atom is -0.599 e. The number of halogens is 2. The Morgan fingerprint density at radius 3 is 0.938 bits per heavy atom. The number of hydrogen-bond acceptors (Lipinski definition) is 6. The van der Waals surface area contributed by atoms with Crippen molar-refractivity contribution in [3.63, 3.8) is 0 Å². The van der Waals surface area contributed by atoms with Gasteiger partial charge in [-0.2, -0.15) is 12.1 Å². The van der Waals surface area contributed by atoms with Crippen molar-refractivity contribution in [2.24, 2.45) is 0 Å². The van der Waals surface area contributed by atoms with E-state index in [2.05, 4.69) is 173 Å². The SMILES string of the molecule is CCCCC/C=C\C/C=C\CCCCCCCBr.CCCCC/C=C\C/C=C\CCCCCCCC(=O)Cl.CCCCC/C=C\C/C=C\CCCCCCCC(=O)O.CCCCC/C=C\C/C=C\CCCCCCCc1ccco1.[Li+].[Li+].[c-]1ccco1.[c-]1ccco1.c1ccoc1. The van der Waals surface area contributed by atoms with Crippen LogP contribution in [0.25, 0.3) is 0 Å². The molecule has 0 spiro atoms. The molecule has 0 aliphatic carbocycles. The van der Waals surface area contributed by atoms with Crippen LogP contribution in [0.5, 0.6) is 0 Å². The Labute approximate surface area is 634 Å². The van der Waals surface area contributed by atoms with Crippen LogP contribution in [-0.2, 0) is 16.0 Å². The number of hydrogen-bond donors (Lipinski definition) is 1. The van der Waals surface area contributed by atoms with Crippen LogP contribution in [-0.4, -0.2) is 21.6 Å². The fourth-order valence-corrected chi connectivity index (χ4v) is 9.78. The first-order valence-corrected chi connectivity index (χ1v) is 39.3. The Morgan fingerprint density at radius 2 is 0.691 bits per heavy atom. The molecule has 0 saturated carbocycles. The average molecular weight is 1410 g/mol. The second-order valence-corrected chi connectivity index (χ2v) is 25.2. The third-order valence-electron chi connectivity index (χ3n) is 14.9. The van der Waals surface area contributed by atoms with Crippen molar-refractivity contribution >= 4 is 38.7 Å². The molecule has 1 N–H and O–H groups in total. The van der Waals surface area contributed by atoms with E-state index in [1.807, 2.05) is 18.2 Å². The molecule has 0 radical (unpaired) electrons. The van der Waals surface area contributed by atoms with Gasteiger partial charge in [-0.1, -0.05) is 282 Å². The van der Waals surface area contributed by atoms with Crippen molar-refractivity contribution in [2.75, 3.05) is 5.33 Å². The van der Waals surface area contributed by atoms with Crippen LogP contribution in [0.1, 0.15) is 329 Å². The Kier molecular flexibility index (Phi) is 103. The van der Waals surface area contributed by atoms with Gasteiger partial charge in [0.25, 0.3) is 0 Å². The molecule has 7 nitrogen and oxygen atoms in total. The number of alkyl halides is 1. The van der Waals surface area contributed by atoms with Gasteiger partial charge in [0.05, 0.1) is 18.8 Å². The molecule has 0 saturated heterocycles. The Balaban J connectivity index is -0.000000357. The molecule has 0 aliphatic rings. The molecule has 0 unspecified atom stereocenters. The summed E-state index contributed by atoms with van der Waals surface area (Å²) in [4.78, 5) is 20.8. The van der Waals surface area contributed by atoms with Gasteiger partial charge in [-0.05, 0) is 202 Å². The number of furan rings is 4. The van der Waals surface area contributed by atoms with Crippen LogP contribution in [0.4, 0.5) is 0 Å². The van der Waals surface area contributed by atoms with Gasteiger partial charge >= 0.3 is 43.7 Å². The molecule has 0 aromatic carbocycles. The number of carboxylic acids is 1. The molecule has 4 aromatic rings. The average Bonchev–Trinajstić information content (AvgIpc) is 4.66. The summed E-state index contributed by atoms with van der Waals surface area (Å²) in [5.41, 5.74) is 0. The quantitative estimate of drug-likeness (QED) is 0.0117. The van der Waals surface area contributed by atoms with E-state index in [9.17, 15) is 9.59 Å². The zero-order valence-electron chi connectivity index (χ0n) is 62.8. The van der Waals surface area contributed by atoms with E-state index in [0.29, 0.717) is 12.8 Å². The van der Waals surface area contributed by atoms with Gasteiger partial charge in [-0.3, -0.25) is 9.59 Å². The number of rotatable bonds is 55. The number of carbonyl (C=O) groups is 2. The normalized spacial score (nSPS) is 10.9. The first-order chi connectivity index (χ1) is 46.9. The van der Waals surface area contributed by atoms with E-state index in [0.717, 1.165) is 75.3 Å². The largest absolute Gasteiger partial charge is 1.00 e. The monoisotopic (exact) mass is 1410 g/mol. The molecule has 0 amide bonds. The van der Waals surface area contributed by atoms with Crippen LogP contribution in [0.3, 0.4) is 0 Å². The number of unbranched alkanes of at least 4 members (excludes halogenated alkanes) is 32. The number of carboxylic acid groups (broad SMARTS) is 1. The van der Waals surface area contributed by atoms with E-state index in [-0.39, 0.29) is 43.0 Å². The molecule has 540 valence electrons. The Morgan fingerprint density at radius 1 is 0.381 bits per heavy atom. The first-order valence-electron chi connectivity index (χ1n) is 37.8. The molecule has 0 bridgehead atoms. The topological polar surface area (TPSA) is 107 Å². The molecule has 0 aliphatic heterocycles. The van der Waals surface area contributed by atoms with Crippen molar-refractivity contribution in [3.8, 4) is 0 Å². The van der Waals surface area contributed by atoms with Crippen molar-refractivity contribution in [1.29, 1.82) is 0 Å². The third-order valence-corrected chi connectivity index (χ3v) is 15.6. The summed E-state index contributed by atoms with van der Waals surface area (Å²) in [6.45, 7) is 8.99. The molecule has 97 heavy (non-hydrogen) atoms. The smallest absolute Gasteiger partial charge is 0.599 e. The maximum Gasteiger partial charge on any atom is 1.00 e. The molecule has 11 heteroatoms. The molecule has 4 aromatic heterocycles. The van der Waals surface area contributed by atoms with E-state index in [4.69, 9.17) is 21.1 Å². The summed E-state index contributed by atoms with van der Waals surface area (Å²) in [5.74, 6) is 0.460. The molecular formula is C86H138BrClLi2O7. The molecule has 4 rings (SSSR count). The Bertz CT molecular complexity index is 2020. The fourth-order valence-electron chi connectivity index (χ4n) is 9.25. The summed E-state index contributed by atoms with van der Waals surface area (Å²) in [7, 11) is 0. The van der Waals surface area contributed by atoms with Gasteiger partial charge in [-0.15, -0.1) is 12.1 Å². The summed E-state index contributed by atoms with van der Waals surface area (Å²) in [6.07, 6.45) is 107. The van der Waals surface area contributed by atoms with Crippen LogP contribution < -0.4 is 37.7 Å². The number of carbonyl (C=O) groups excluding carboxylic acids is 1. The maximum absolute atomic E-state index is 10.5. The minimum atomic E-state index is -0.671. The van der Waals surface area contributed by atoms with Crippen molar-refractivity contribution in [3.05, 3.63) is 195 Å². The van der Waals surface area contributed by atoms with Crippen LogP contribution in [0, 0.1) is 12.5 Å². The van der Waals surface area contributed by atoms with Crippen molar-refractivity contribution in [2.45, 2.75) is 329 Å². The summed E-state index contributed by atoms with van der Waals surface area (Å²) in [5, 5.41) is 9.47. The number of aliphatic carboxylic acids is 1. The minimum absolute atomic E-state index is 0. The van der Waals surface area contributed by atoms with Crippen molar-refractivity contribution in [1.82, 2.24) is 0 Å². The molecule has 0 fully saturated rings. The number of aryl methyl sites for hydroxylation is 1. The van der Waals surface area contributed by atoms with Crippen LogP contribution in [0.15, 0.2) is 195 Å². The van der Waals surface area contributed by atoms with E-state index >= 15 is 0 Å². The summed E-state index contributed by atoms with van der Waals surface area (Å²) in [6, 6.07) is 14.7. The van der Waals surface area contributed by atoms with Crippen LogP contribution >= 0.6 is 27.5 Å². The zero-order chi connectivity index (χ0) is 69.4. The van der Waals surface area contributed by atoms with Crippen LogP contribution in [0.2, 0.25) is 0 Å². The van der Waals surface area contributed by atoms with E-state index in [1.165, 1.54) is 225 Å². The van der Waals surface area contributed by atoms with Gasteiger partial charge in [-0.25, -0.2) is 0 Å². The maximum atomic E-state index is 10.5. The van der Waals surface area contributed by atoms with Gasteiger partial charge in [0.1, 0.15) is 5.76 Å². The standard InChI is InChI=1S/C21H34O.C18H31ClO.C18H32O2.C17H31Br.C4H4O.2C4H3O.2Li/c1-2-3-4-5-6-7-8-9-10-11-12-13-14-15-16-18-21-19-17-20-22-21;2*1-2-3-4-5-6-7-8-9-10-11-12-13-14-15-16-17-18(19)20;1-2-3-4-5-6-7-8-9-10-11-12-13-14-15-16-17-18;3*1-2-4-5-3-1;;/h6-7,9-10,17,19-20H,2-5,8,11-16,18H2,1H3;6-7,9-10H,2-5,8,11-17H2,1H3;6-7,9-10H,2-5,8,11-17H2,1H3,(H,19,20);6-7,9-10H,2-5,8,11-17H2,1H3;1-4H;2*1-3H;;/q;;;;;2*-1;2*+1/b4*7-6-,10-9-;;;;;. The molecule has 4 heterocycles. The van der Waals surface area contributed by atoms with E-state index < -0.39 is 5.97 Å². The second-order valence-electron chi connectivity index (χ2n) is 23.9. The summed E-state index contributed by atoms with van der Waals surface area (Å²) >= 11 is 8.75. The first kappa shape index (κ1) is 102. The predicted octanol–water partition coefficient (Wildman–Crippen LogP) is 23.9. The third kappa shape index (κ3) is 106. The van der Waals surface area contributed by atoms with Gasteiger partial charge in [0.2, 0.25) is 5.24 Å².